The van der Waals surface area contributed by atoms with Gasteiger partial charge in [0.25, 0.3) is 5.91 Å². The molecule has 0 saturated carbocycles. The number of nitrogens with one attached hydrogen (secondary N) is 1. The molecule has 1 N–H and O–H groups in total. The minimum absolute atomic E-state index is 0.0954. The van der Waals surface area contributed by atoms with Gasteiger partial charge in [0.2, 0.25) is 0 Å². The van der Waals surface area contributed by atoms with E-state index in [0.717, 1.165) is 18.4 Å². The van der Waals surface area contributed by atoms with Crippen LogP contribution < -0.4 is 10.1 Å². The van der Waals surface area contributed by atoms with Gasteiger partial charge in [-0.05, 0) is 55.5 Å². The number of carbonyl (C=O) groups excluding carboxylic acids is 1. The second-order valence-corrected chi connectivity index (χ2v) is 7.12. The smallest absolute Gasteiger partial charge is 0.251 e. The highest BCUT2D eigenvalue weighted by atomic mass is 19.1. The Morgan fingerprint density at radius 1 is 1.28 bits per heavy atom. The standard InChI is InChI=1S/C25H26FNO2/c1-3-4-15-29-23-10-6-9-22(24(23)26)17-27-25(28)21-14-13-19-12-11-18(2)7-5-8-20(19)16-21/h3,5-10,13-14,16H,1,4,11-12,15,17H2,2H3,(H,27,28)/b8-5-,18-7?. The predicted octanol–water partition coefficient (Wildman–Crippen LogP) is 5.62. The summed E-state index contributed by atoms with van der Waals surface area (Å²) in [5, 5.41) is 2.81. The molecule has 0 spiro atoms. The highest BCUT2D eigenvalue weighted by Crippen LogP contribution is 2.22. The third-order valence-electron chi connectivity index (χ3n) is 4.92. The van der Waals surface area contributed by atoms with Crippen molar-refractivity contribution in [3.63, 3.8) is 0 Å². The van der Waals surface area contributed by atoms with Crippen LogP contribution in [0, 0.1) is 5.82 Å². The molecular weight excluding hydrogens is 365 g/mol. The fraction of sp³-hybridized carbons (Fsp3) is 0.240. The number of halogens is 1. The van der Waals surface area contributed by atoms with Gasteiger partial charge in [-0.2, -0.15) is 0 Å². The number of rotatable bonds is 7. The van der Waals surface area contributed by atoms with Crippen molar-refractivity contribution in [1.82, 2.24) is 5.32 Å². The molecule has 2 aromatic carbocycles. The van der Waals surface area contributed by atoms with Crippen LogP contribution in [-0.2, 0) is 13.0 Å². The first-order valence-electron chi connectivity index (χ1n) is 9.84. The third kappa shape index (κ3) is 5.44. The van der Waals surface area contributed by atoms with E-state index in [0.29, 0.717) is 24.2 Å². The Balaban J connectivity index is 1.68. The van der Waals surface area contributed by atoms with E-state index in [2.05, 4.69) is 24.9 Å². The number of ether oxygens (including phenoxy) is 1. The Labute approximate surface area is 171 Å². The highest BCUT2D eigenvalue weighted by molar-refractivity contribution is 5.95. The molecule has 1 aliphatic carbocycles. The number of benzene rings is 2. The fourth-order valence-corrected chi connectivity index (χ4v) is 3.18. The van der Waals surface area contributed by atoms with E-state index in [1.165, 1.54) is 11.1 Å². The summed E-state index contributed by atoms with van der Waals surface area (Å²) in [5.41, 5.74) is 4.56. The topological polar surface area (TPSA) is 38.3 Å². The van der Waals surface area contributed by atoms with Gasteiger partial charge in [0.15, 0.2) is 11.6 Å². The number of aryl methyl sites for hydroxylation is 1. The summed E-state index contributed by atoms with van der Waals surface area (Å²) in [7, 11) is 0. The van der Waals surface area contributed by atoms with Gasteiger partial charge >= 0.3 is 0 Å². The Bertz CT molecular complexity index is 959. The molecule has 1 amide bonds. The number of hydrogen-bond donors (Lipinski definition) is 1. The van der Waals surface area contributed by atoms with Crippen molar-refractivity contribution in [2.45, 2.75) is 32.7 Å². The van der Waals surface area contributed by atoms with E-state index in [9.17, 15) is 9.18 Å². The molecule has 0 heterocycles. The highest BCUT2D eigenvalue weighted by Gasteiger charge is 2.13. The Hall–Kier alpha value is -3.14. The lowest BCUT2D eigenvalue weighted by molar-refractivity contribution is 0.0950. The van der Waals surface area contributed by atoms with Crippen LogP contribution >= 0.6 is 0 Å². The molecule has 3 nitrogen and oxygen atoms in total. The second-order valence-electron chi connectivity index (χ2n) is 7.12. The van der Waals surface area contributed by atoms with Crippen molar-refractivity contribution >= 4 is 12.0 Å². The molecule has 4 heteroatoms. The van der Waals surface area contributed by atoms with E-state index >= 15 is 0 Å². The largest absolute Gasteiger partial charge is 0.490 e. The van der Waals surface area contributed by atoms with Gasteiger partial charge in [-0.15, -0.1) is 6.58 Å². The van der Waals surface area contributed by atoms with E-state index in [1.54, 1.807) is 24.3 Å². The number of carbonyl (C=O) groups is 1. The monoisotopic (exact) mass is 391 g/mol. The molecule has 0 bridgehead atoms. The molecule has 0 atom stereocenters. The van der Waals surface area contributed by atoms with Crippen LogP contribution in [0.2, 0.25) is 0 Å². The molecule has 2 aromatic rings. The lowest BCUT2D eigenvalue weighted by atomic mass is 9.95. The van der Waals surface area contributed by atoms with Crippen molar-refractivity contribution < 1.29 is 13.9 Å². The molecule has 150 valence electrons. The first-order valence-corrected chi connectivity index (χ1v) is 9.84. The molecule has 0 unspecified atom stereocenters. The van der Waals surface area contributed by atoms with Gasteiger partial charge in [-0.1, -0.05) is 48.1 Å². The Morgan fingerprint density at radius 2 is 2.14 bits per heavy atom. The minimum atomic E-state index is -0.444. The van der Waals surface area contributed by atoms with Crippen LogP contribution in [0.25, 0.3) is 6.08 Å². The molecule has 29 heavy (non-hydrogen) atoms. The van der Waals surface area contributed by atoms with Crippen LogP contribution in [-0.4, -0.2) is 12.5 Å². The Kier molecular flexibility index (Phi) is 7.01. The maximum Gasteiger partial charge on any atom is 0.251 e. The quantitative estimate of drug-likeness (QED) is 0.492. The van der Waals surface area contributed by atoms with Crippen LogP contribution in [0.4, 0.5) is 4.39 Å². The number of fused-ring (bicyclic) bond motifs is 1. The van der Waals surface area contributed by atoms with Crippen molar-refractivity contribution in [2.24, 2.45) is 0 Å². The van der Waals surface area contributed by atoms with Crippen molar-refractivity contribution in [2.75, 3.05) is 6.61 Å². The Morgan fingerprint density at radius 3 is 2.97 bits per heavy atom. The van der Waals surface area contributed by atoms with E-state index in [1.807, 2.05) is 30.4 Å². The average Bonchev–Trinajstić information content (AvgIpc) is 2.71. The molecule has 0 radical (unpaired) electrons. The molecule has 1 aliphatic rings. The predicted molar refractivity (Wildman–Crippen MR) is 115 cm³/mol. The lowest BCUT2D eigenvalue weighted by Gasteiger charge is -2.13. The summed E-state index contributed by atoms with van der Waals surface area (Å²) in [6, 6.07) is 10.7. The van der Waals surface area contributed by atoms with Crippen LogP contribution in [0.3, 0.4) is 0 Å². The van der Waals surface area contributed by atoms with Crippen LogP contribution in [0.15, 0.2) is 66.8 Å². The zero-order valence-electron chi connectivity index (χ0n) is 16.7. The maximum absolute atomic E-state index is 14.6. The summed E-state index contributed by atoms with van der Waals surface area (Å²) in [5.74, 6) is -0.485. The van der Waals surface area contributed by atoms with Gasteiger partial charge in [0.1, 0.15) is 0 Å². The molecule has 0 aliphatic heterocycles. The minimum Gasteiger partial charge on any atom is -0.490 e. The van der Waals surface area contributed by atoms with Gasteiger partial charge in [0, 0.05) is 17.7 Å². The van der Waals surface area contributed by atoms with E-state index in [4.69, 9.17) is 4.74 Å². The van der Waals surface area contributed by atoms with E-state index < -0.39 is 5.82 Å². The lowest BCUT2D eigenvalue weighted by Crippen LogP contribution is -2.23. The van der Waals surface area contributed by atoms with Gasteiger partial charge in [-0.25, -0.2) is 4.39 Å². The van der Waals surface area contributed by atoms with Crippen LogP contribution in [0.5, 0.6) is 5.75 Å². The second kappa shape index (κ2) is 9.87. The summed E-state index contributed by atoms with van der Waals surface area (Å²) in [6.45, 7) is 6.21. The fourth-order valence-electron chi connectivity index (χ4n) is 3.18. The molecule has 0 saturated heterocycles. The number of hydrogen-bond acceptors (Lipinski definition) is 2. The first kappa shape index (κ1) is 20.6. The third-order valence-corrected chi connectivity index (χ3v) is 4.92. The first-order chi connectivity index (χ1) is 14.1. The molecule has 3 rings (SSSR count). The van der Waals surface area contributed by atoms with Gasteiger partial charge in [0.05, 0.1) is 6.61 Å². The molecule has 0 fully saturated rings. The summed E-state index contributed by atoms with van der Waals surface area (Å²) < 4.78 is 20.0. The average molecular weight is 391 g/mol. The summed E-state index contributed by atoms with van der Waals surface area (Å²) in [4.78, 5) is 12.6. The SMILES string of the molecule is C=CCCOc1cccc(CNC(=O)c2ccc3c(c2)/C=C\C=C(C)CC3)c1F. The summed E-state index contributed by atoms with van der Waals surface area (Å²) in [6.07, 6.45) is 10.5. The van der Waals surface area contributed by atoms with Crippen molar-refractivity contribution in [3.8, 4) is 5.75 Å². The maximum atomic E-state index is 14.6. The van der Waals surface area contributed by atoms with E-state index in [-0.39, 0.29) is 18.2 Å². The normalized spacial score (nSPS) is 14.1. The van der Waals surface area contributed by atoms with Crippen molar-refractivity contribution in [1.29, 1.82) is 0 Å². The summed E-state index contributed by atoms with van der Waals surface area (Å²) >= 11 is 0. The zero-order chi connectivity index (χ0) is 20.6. The zero-order valence-corrected chi connectivity index (χ0v) is 16.7. The number of allylic oxidation sites excluding steroid dienone is 3. The molecule has 0 aromatic heterocycles. The molecular formula is C25H26FNO2. The van der Waals surface area contributed by atoms with Gasteiger partial charge < -0.3 is 10.1 Å². The number of amides is 1. The van der Waals surface area contributed by atoms with Crippen LogP contribution in [0.1, 0.15) is 46.8 Å². The van der Waals surface area contributed by atoms with Gasteiger partial charge in [-0.3, -0.25) is 4.79 Å². The van der Waals surface area contributed by atoms with Crippen molar-refractivity contribution in [3.05, 3.63) is 94.8 Å².